The van der Waals surface area contributed by atoms with Crippen LogP contribution in [0.25, 0.3) is 11.0 Å². The number of ether oxygens (including phenoxy) is 1. The molecule has 1 amide bonds. The summed E-state index contributed by atoms with van der Waals surface area (Å²) in [4.78, 5) is 24.4. The monoisotopic (exact) mass is 363 g/mol. The number of halogens is 2. The molecule has 0 atom stereocenters. The van der Waals surface area contributed by atoms with Gasteiger partial charge in [-0.15, -0.1) is 0 Å². The van der Waals surface area contributed by atoms with Gasteiger partial charge < -0.3 is 14.5 Å². The van der Waals surface area contributed by atoms with E-state index < -0.39 is 11.5 Å². The fraction of sp³-hybridized carbons (Fsp3) is 0.0588. The normalized spacial score (nSPS) is 10.6. The van der Waals surface area contributed by atoms with Crippen LogP contribution in [-0.4, -0.2) is 13.0 Å². The van der Waals surface area contributed by atoms with Crippen LogP contribution in [0.1, 0.15) is 10.4 Å². The number of carbonyl (C=O) groups excluding carboxylic acids is 1. The summed E-state index contributed by atoms with van der Waals surface area (Å²) in [5.74, 6) is 0.0643. The highest BCUT2D eigenvalue weighted by molar-refractivity contribution is 6.38. The molecule has 0 spiro atoms. The second-order valence-electron chi connectivity index (χ2n) is 4.94. The predicted octanol–water partition coefficient (Wildman–Crippen LogP) is 4.36. The Labute approximate surface area is 146 Å². The SMILES string of the molecule is COc1ccc(NC(=O)c2cc3cc(Cl)cc(Cl)c3oc2=O)cc1. The molecule has 122 valence electrons. The van der Waals surface area contributed by atoms with Crippen LogP contribution in [0.15, 0.2) is 51.7 Å². The van der Waals surface area contributed by atoms with Crippen LogP contribution in [0.3, 0.4) is 0 Å². The van der Waals surface area contributed by atoms with E-state index in [9.17, 15) is 9.59 Å². The molecule has 1 N–H and O–H groups in total. The lowest BCUT2D eigenvalue weighted by Crippen LogP contribution is -2.20. The van der Waals surface area contributed by atoms with Crippen molar-refractivity contribution in [3.63, 3.8) is 0 Å². The van der Waals surface area contributed by atoms with E-state index >= 15 is 0 Å². The number of methoxy groups -OCH3 is 1. The van der Waals surface area contributed by atoms with Crippen molar-refractivity contribution in [2.75, 3.05) is 12.4 Å². The maximum absolute atomic E-state index is 12.3. The van der Waals surface area contributed by atoms with Gasteiger partial charge >= 0.3 is 5.63 Å². The molecule has 2 aromatic carbocycles. The molecule has 1 aromatic heterocycles. The second-order valence-corrected chi connectivity index (χ2v) is 5.78. The number of fused-ring (bicyclic) bond motifs is 1. The molecule has 1 heterocycles. The maximum Gasteiger partial charge on any atom is 0.349 e. The summed E-state index contributed by atoms with van der Waals surface area (Å²) in [5, 5.41) is 3.67. The number of hydrogen-bond acceptors (Lipinski definition) is 4. The molecule has 0 aliphatic rings. The van der Waals surface area contributed by atoms with Crippen molar-refractivity contribution in [3.05, 3.63) is 68.5 Å². The van der Waals surface area contributed by atoms with Crippen LogP contribution < -0.4 is 15.7 Å². The Morgan fingerprint density at radius 2 is 1.83 bits per heavy atom. The minimum Gasteiger partial charge on any atom is -0.497 e. The molecule has 24 heavy (non-hydrogen) atoms. The van der Waals surface area contributed by atoms with E-state index in [1.165, 1.54) is 12.1 Å². The fourth-order valence-corrected chi connectivity index (χ4v) is 2.74. The Morgan fingerprint density at radius 1 is 1.12 bits per heavy atom. The van der Waals surface area contributed by atoms with Crippen molar-refractivity contribution in [2.45, 2.75) is 0 Å². The van der Waals surface area contributed by atoms with E-state index in [0.717, 1.165) is 0 Å². The summed E-state index contributed by atoms with van der Waals surface area (Å²) in [6.07, 6.45) is 0. The lowest BCUT2D eigenvalue weighted by atomic mass is 10.1. The minimum atomic E-state index is -0.780. The number of hydrogen-bond donors (Lipinski definition) is 1. The van der Waals surface area contributed by atoms with Crippen LogP contribution in [-0.2, 0) is 0 Å². The van der Waals surface area contributed by atoms with Crippen LogP contribution in [0.2, 0.25) is 10.0 Å². The highest BCUT2D eigenvalue weighted by Gasteiger charge is 2.16. The lowest BCUT2D eigenvalue weighted by molar-refractivity contribution is 0.102. The zero-order valence-electron chi connectivity index (χ0n) is 12.4. The summed E-state index contributed by atoms with van der Waals surface area (Å²) in [5.41, 5.74) is -0.217. The van der Waals surface area contributed by atoms with Gasteiger partial charge in [0, 0.05) is 16.1 Å². The first-order valence-corrected chi connectivity index (χ1v) is 7.62. The van der Waals surface area contributed by atoms with Crippen LogP contribution in [0.5, 0.6) is 5.75 Å². The topological polar surface area (TPSA) is 68.5 Å². The predicted molar refractivity (Wildman–Crippen MR) is 93.5 cm³/mol. The molecule has 7 heteroatoms. The van der Waals surface area contributed by atoms with Crippen LogP contribution in [0, 0.1) is 0 Å². The summed E-state index contributed by atoms with van der Waals surface area (Å²) >= 11 is 11.9. The van der Waals surface area contributed by atoms with Crippen molar-refractivity contribution in [1.29, 1.82) is 0 Å². The smallest absolute Gasteiger partial charge is 0.349 e. The quantitative estimate of drug-likeness (QED) is 0.701. The average molecular weight is 364 g/mol. The Kier molecular flexibility index (Phi) is 4.46. The molecule has 0 aliphatic heterocycles. The highest BCUT2D eigenvalue weighted by atomic mass is 35.5. The molecular formula is C17H11Cl2NO4. The number of nitrogens with one attached hydrogen (secondary N) is 1. The zero-order chi connectivity index (χ0) is 17.3. The van der Waals surface area contributed by atoms with E-state index in [1.807, 2.05) is 0 Å². The van der Waals surface area contributed by atoms with Gasteiger partial charge in [-0.25, -0.2) is 4.79 Å². The van der Waals surface area contributed by atoms with Gasteiger partial charge in [0.1, 0.15) is 11.3 Å². The third-order valence-electron chi connectivity index (χ3n) is 3.34. The largest absolute Gasteiger partial charge is 0.497 e. The third kappa shape index (κ3) is 3.22. The van der Waals surface area contributed by atoms with Gasteiger partial charge in [-0.1, -0.05) is 23.2 Å². The maximum atomic E-state index is 12.3. The van der Waals surface area contributed by atoms with Gasteiger partial charge in [-0.05, 0) is 42.5 Å². The first kappa shape index (κ1) is 16.4. The molecule has 5 nitrogen and oxygen atoms in total. The third-order valence-corrected chi connectivity index (χ3v) is 3.84. The standard InChI is InChI=1S/C17H11Cl2NO4/c1-23-12-4-2-11(3-5-12)20-16(21)13-7-9-6-10(18)8-14(19)15(9)24-17(13)22/h2-8H,1H3,(H,20,21). The van der Waals surface area contributed by atoms with E-state index in [2.05, 4.69) is 5.32 Å². The average Bonchev–Trinajstić information content (AvgIpc) is 2.55. The van der Waals surface area contributed by atoms with E-state index in [-0.39, 0.29) is 16.2 Å². The molecule has 0 radical (unpaired) electrons. The van der Waals surface area contributed by atoms with Crippen molar-refractivity contribution in [1.82, 2.24) is 0 Å². The number of carbonyl (C=O) groups is 1. The first-order chi connectivity index (χ1) is 11.5. The molecule has 0 aliphatic carbocycles. The number of amides is 1. The van der Waals surface area contributed by atoms with Gasteiger partial charge in [0.15, 0.2) is 5.58 Å². The highest BCUT2D eigenvalue weighted by Crippen LogP contribution is 2.27. The second kappa shape index (κ2) is 6.55. The summed E-state index contributed by atoms with van der Waals surface area (Å²) in [7, 11) is 1.55. The number of benzene rings is 2. The number of rotatable bonds is 3. The minimum absolute atomic E-state index is 0.142. The van der Waals surface area contributed by atoms with Gasteiger partial charge in [-0.2, -0.15) is 0 Å². The lowest BCUT2D eigenvalue weighted by Gasteiger charge is -2.07. The Hall–Kier alpha value is -2.50. The summed E-state index contributed by atoms with van der Waals surface area (Å²) in [6, 6.07) is 11.1. The van der Waals surface area contributed by atoms with Gasteiger partial charge in [-0.3, -0.25) is 4.79 Å². The Morgan fingerprint density at radius 3 is 2.50 bits per heavy atom. The summed E-state index contributed by atoms with van der Waals surface area (Å²) < 4.78 is 10.2. The van der Waals surface area contributed by atoms with Crippen molar-refractivity contribution in [2.24, 2.45) is 0 Å². The van der Waals surface area contributed by atoms with Crippen molar-refractivity contribution >= 4 is 45.8 Å². The van der Waals surface area contributed by atoms with E-state index in [4.69, 9.17) is 32.4 Å². The molecule has 0 bridgehead atoms. The fourth-order valence-electron chi connectivity index (χ4n) is 2.19. The molecule has 0 unspecified atom stereocenters. The molecule has 0 saturated heterocycles. The van der Waals surface area contributed by atoms with Crippen molar-refractivity contribution < 1.29 is 13.9 Å². The molecule has 3 aromatic rings. The Balaban J connectivity index is 1.97. The van der Waals surface area contributed by atoms with E-state index in [0.29, 0.717) is 21.8 Å². The molecule has 3 rings (SSSR count). The van der Waals surface area contributed by atoms with Gasteiger partial charge in [0.25, 0.3) is 5.91 Å². The first-order valence-electron chi connectivity index (χ1n) is 6.86. The van der Waals surface area contributed by atoms with Crippen LogP contribution in [0.4, 0.5) is 5.69 Å². The molecule has 0 saturated carbocycles. The van der Waals surface area contributed by atoms with Gasteiger partial charge in [0.2, 0.25) is 0 Å². The molecular weight excluding hydrogens is 353 g/mol. The summed E-state index contributed by atoms with van der Waals surface area (Å²) in [6.45, 7) is 0. The van der Waals surface area contributed by atoms with E-state index in [1.54, 1.807) is 37.4 Å². The number of anilines is 1. The van der Waals surface area contributed by atoms with Crippen LogP contribution >= 0.6 is 23.2 Å². The van der Waals surface area contributed by atoms with Crippen molar-refractivity contribution in [3.8, 4) is 5.75 Å². The Bertz CT molecular complexity index is 980. The van der Waals surface area contributed by atoms with Gasteiger partial charge in [0.05, 0.1) is 12.1 Å². The molecule has 0 fully saturated rings. The zero-order valence-corrected chi connectivity index (χ0v) is 13.9.